The monoisotopic (exact) mass is 386 g/mol. The Morgan fingerprint density at radius 2 is 1.57 bits per heavy atom. The number of fused-ring (bicyclic) bond motifs is 3. The van der Waals surface area contributed by atoms with Crippen molar-refractivity contribution in [1.29, 1.82) is 0 Å². The van der Waals surface area contributed by atoms with Crippen molar-refractivity contribution in [3.8, 4) is 5.75 Å². The minimum atomic E-state index is 0.542. The molecule has 1 aliphatic heterocycles. The van der Waals surface area contributed by atoms with Gasteiger partial charge in [0.2, 0.25) is 0 Å². The Morgan fingerprint density at radius 3 is 2.36 bits per heavy atom. The van der Waals surface area contributed by atoms with Gasteiger partial charge in [0.25, 0.3) is 0 Å². The zero-order valence-electron chi connectivity index (χ0n) is 16.3. The van der Waals surface area contributed by atoms with Crippen molar-refractivity contribution in [2.45, 2.75) is 35.7 Å². The van der Waals surface area contributed by atoms with Crippen LogP contribution in [0.5, 0.6) is 5.75 Å². The first-order valence-electron chi connectivity index (χ1n) is 10.3. The molecule has 1 heterocycles. The molecule has 0 radical (unpaired) electrons. The molecule has 0 amide bonds. The number of methoxy groups -OCH3 is 1. The first-order chi connectivity index (χ1) is 13.8. The molecule has 0 N–H and O–H groups in total. The van der Waals surface area contributed by atoms with Gasteiger partial charge in [-0.2, -0.15) is 0 Å². The van der Waals surface area contributed by atoms with E-state index in [4.69, 9.17) is 4.74 Å². The van der Waals surface area contributed by atoms with Crippen LogP contribution in [0.1, 0.15) is 51.5 Å². The molecule has 0 bridgehead atoms. The number of rotatable bonds is 3. The average Bonchev–Trinajstić information content (AvgIpc) is 2.79. The summed E-state index contributed by atoms with van der Waals surface area (Å²) in [5, 5.41) is 1.12. The molecule has 142 valence electrons. The van der Waals surface area contributed by atoms with Crippen molar-refractivity contribution in [3.63, 3.8) is 0 Å². The highest BCUT2D eigenvalue weighted by atomic mass is 32.2. The van der Waals surface area contributed by atoms with E-state index in [-0.39, 0.29) is 0 Å². The van der Waals surface area contributed by atoms with Gasteiger partial charge in [-0.3, -0.25) is 0 Å². The van der Waals surface area contributed by atoms with Gasteiger partial charge in [0.05, 0.1) is 7.11 Å². The van der Waals surface area contributed by atoms with Crippen molar-refractivity contribution in [1.82, 2.24) is 0 Å². The normalized spacial score (nSPS) is 26.2. The van der Waals surface area contributed by atoms with E-state index in [0.29, 0.717) is 22.3 Å². The summed E-state index contributed by atoms with van der Waals surface area (Å²) in [6.07, 6.45) is 3.71. The largest absolute Gasteiger partial charge is 0.497 e. The van der Waals surface area contributed by atoms with E-state index >= 15 is 0 Å². The van der Waals surface area contributed by atoms with Gasteiger partial charge in [0.1, 0.15) is 5.75 Å². The van der Waals surface area contributed by atoms with Gasteiger partial charge in [-0.1, -0.05) is 66.7 Å². The maximum absolute atomic E-state index is 5.40. The first kappa shape index (κ1) is 17.9. The Kier molecular flexibility index (Phi) is 4.90. The van der Waals surface area contributed by atoms with Crippen LogP contribution in [0, 0.1) is 5.92 Å². The summed E-state index contributed by atoms with van der Waals surface area (Å²) in [6, 6.07) is 29.0. The van der Waals surface area contributed by atoms with Crippen LogP contribution in [0.2, 0.25) is 0 Å². The maximum Gasteiger partial charge on any atom is 0.118 e. The first-order valence-corrected chi connectivity index (χ1v) is 11.2. The molecular formula is C26H26OS. The minimum Gasteiger partial charge on any atom is -0.497 e. The van der Waals surface area contributed by atoms with Crippen LogP contribution in [0.25, 0.3) is 0 Å². The Morgan fingerprint density at radius 1 is 0.821 bits per heavy atom. The van der Waals surface area contributed by atoms with Gasteiger partial charge >= 0.3 is 0 Å². The third kappa shape index (κ3) is 3.24. The van der Waals surface area contributed by atoms with Crippen LogP contribution in [0.15, 0.2) is 78.9 Å². The number of hydrogen-bond donors (Lipinski definition) is 0. The maximum atomic E-state index is 5.40. The van der Waals surface area contributed by atoms with Crippen molar-refractivity contribution < 1.29 is 4.74 Å². The molecule has 3 aromatic rings. The lowest BCUT2D eigenvalue weighted by molar-refractivity contribution is 0.335. The second kappa shape index (κ2) is 7.67. The van der Waals surface area contributed by atoms with Crippen molar-refractivity contribution >= 4 is 11.8 Å². The van der Waals surface area contributed by atoms with E-state index < -0.39 is 0 Å². The standard InChI is InChI=1S/C26H26OS/c1-27-21-14-11-19(12-15-21)24-17-25(20-8-3-2-4-9-20)28-26-22-10-6-5-7-18(22)13-16-23(24)26/h2-12,14-15,23-26H,13,16-17H2,1H3. The highest BCUT2D eigenvalue weighted by molar-refractivity contribution is 7.99. The molecule has 0 aromatic heterocycles. The predicted octanol–water partition coefficient (Wildman–Crippen LogP) is 6.96. The summed E-state index contributed by atoms with van der Waals surface area (Å²) in [6.45, 7) is 0. The fraction of sp³-hybridized carbons (Fsp3) is 0.308. The number of ether oxygens (including phenoxy) is 1. The molecule has 1 nitrogen and oxygen atoms in total. The van der Waals surface area contributed by atoms with Crippen LogP contribution in [0.3, 0.4) is 0 Å². The van der Waals surface area contributed by atoms with Gasteiger partial charge < -0.3 is 4.74 Å². The molecule has 5 rings (SSSR count). The molecule has 1 aliphatic carbocycles. The molecule has 0 saturated carbocycles. The van der Waals surface area contributed by atoms with Gasteiger partial charge in [0, 0.05) is 10.5 Å². The quantitative estimate of drug-likeness (QED) is 0.481. The van der Waals surface area contributed by atoms with Crippen LogP contribution in [-0.2, 0) is 6.42 Å². The fourth-order valence-corrected chi connectivity index (χ4v) is 6.98. The summed E-state index contributed by atoms with van der Waals surface area (Å²) in [4.78, 5) is 0. The highest BCUT2D eigenvalue weighted by Gasteiger charge is 2.42. The second-order valence-electron chi connectivity index (χ2n) is 7.97. The Hall–Kier alpha value is -2.19. The number of thioether (sulfide) groups is 1. The molecule has 4 atom stereocenters. The van der Waals surface area contributed by atoms with E-state index in [1.807, 2.05) is 0 Å². The van der Waals surface area contributed by atoms with E-state index in [9.17, 15) is 0 Å². The van der Waals surface area contributed by atoms with Crippen LogP contribution >= 0.6 is 11.8 Å². The van der Waals surface area contributed by atoms with Crippen LogP contribution in [0.4, 0.5) is 0 Å². The lowest BCUT2D eigenvalue weighted by Crippen LogP contribution is -2.30. The van der Waals surface area contributed by atoms with Gasteiger partial charge in [-0.25, -0.2) is 0 Å². The Bertz CT molecular complexity index is 934. The topological polar surface area (TPSA) is 9.23 Å². The molecule has 1 fully saturated rings. The predicted molar refractivity (Wildman–Crippen MR) is 118 cm³/mol. The van der Waals surface area contributed by atoms with Crippen molar-refractivity contribution in [3.05, 3.63) is 101 Å². The van der Waals surface area contributed by atoms with Crippen molar-refractivity contribution in [2.24, 2.45) is 5.92 Å². The highest BCUT2D eigenvalue weighted by Crippen LogP contribution is 2.61. The molecule has 1 saturated heterocycles. The molecule has 2 aliphatic rings. The van der Waals surface area contributed by atoms with Crippen LogP contribution in [-0.4, -0.2) is 7.11 Å². The summed E-state index contributed by atoms with van der Waals surface area (Å²) < 4.78 is 5.40. The number of benzene rings is 3. The third-order valence-electron chi connectivity index (χ3n) is 6.51. The average molecular weight is 387 g/mol. The summed E-state index contributed by atoms with van der Waals surface area (Å²) in [5.74, 6) is 2.24. The van der Waals surface area contributed by atoms with Crippen molar-refractivity contribution in [2.75, 3.05) is 7.11 Å². The molecule has 3 aromatic carbocycles. The number of hydrogen-bond acceptors (Lipinski definition) is 2. The third-order valence-corrected chi connectivity index (χ3v) is 8.20. The van der Waals surface area contributed by atoms with Gasteiger partial charge in [0.15, 0.2) is 0 Å². The van der Waals surface area contributed by atoms with E-state index in [0.717, 1.165) is 5.75 Å². The summed E-state index contributed by atoms with van der Waals surface area (Å²) in [7, 11) is 1.74. The minimum absolute atomic E-state index is 0.542. The molecule has 28 heavy (non-hydrogen) atoms. The van der Waals surface area contributed by atoms with E-state index in [1.54, 1.807) is 18.2 Å². The Labute approximate surface area is 172 Å². The Balaban J connectivity index is 1.55. The summed E-state index contributed by atoms with van der Waals surface area (Å²) >= 11 is 2.19. The molecule has 0 spiro atoms. The molecule has 4 unspecified atom stereocenters. The number of aryl methyl sites for hydroxylation is 1. The molecule has 2 heteroatoms. The second-order valence-corrected chi connectivity index (χ2v) is 9.32. The van der Waals surface area contributed by atoms with Gasteiger partial charge in [-0.15, -0.1) is 11.8 Å². The summed E-state index contributed by atoms with van der Waals surface area (Å²) in [5.41, 5.74) is 6.06. The lowest BCUT2D eigenvalue weighted by atomic mass is 9.71. The smallest absolute Gasteiger partial charge is 0.118 e. The van der Waals surface area contributed by atoms with Gasteiger partial charge in [-0.05, 0) is 65.5 Å². The zero-order chi connectivity index (χ0) is 18.9. The van der Waals surface area contributed by atoms with Crippen LogP contribution < -0.4 is 4.74 Å². The molecular weight excluding hydrogens is 360 g/mol. The fourth-order valence-electron chi connectivity index (χ4n) is 5.08. The lowest BCUT2D eigenvalue weighted by Gasteiger charge is -2.45. The van der Waals surface area contributed by atoms with E-state index in [2.05, 4.69) is 90.6 Å². The van der Waals surface area contributed by atoms with E-state index in [1.165, 1.54) is 30.4 Å². The SMILES string of the molecule is COc1ccc(C2CC(c3ccccc3)SC3c4ccccc4CCC23)cc1. The zero-order valence-corrected chi connectivity index (χ0v) is 17.1.